The summed E-state index contributed by atoms with van der Waals surface area (Å²) in [7, 11) is 0. The van der Waals surface area contributed by atoms with E-state index in [1.54, 1.807) is 18.2 Å². The Hall–Kier alpha value is -1.37. The van der Waals surface area contributed by atoms with Crippen LogP contribution in [0.1, 0.15) is 0 Å². The van der Waals surface area contributed by atoms with E-state index >= 15 is 0 Å². The standard InChI is InChI=1S/C9H6Cl2N4OS/c10-6-2-1-5(3-7(6)11)13-9(16)14-8-4-12-15-17-8/h1-4H,(H2,13,14,16). The van der Waals surface area contributed by atoms with Crippen molar-refractivity contribution < 1.29 is 4.79 Å². The molecule has 0 unspecified atom stereocenters. The highest BCUT2D eigenvalue weighted by atomic mass is 35.5. The second-order valence-corrected chi connectivity index (χ2v) is 4.59. The highest BCUT2D eigenvalue weighted by Gasteiger charge is 2.05. The van der Waals surface area contributed by atoms with E-state index in [4.69, 9.17) is 23.2 Å². The predicted octanol–water partition coefficient (Wildman–Crippen LogP) is 3.49. The number of urea groups is 1. The fourth-order valence-corrected chi connectivity index (χ4v) is 1.78. The summed E-state index contributed by atoms with van der Waals surface area (Å²) in [6.45, 7) is 0. The van der Waals surface area contributed by atoms with Crippen molar-refractivity contribution >= 4 is 51.5 Å². The zero-order valence-electron chi connectivity index (χ0n) is 8.28. The molecule has 0 radical (unpaired) electrons. The van der Waals surface area contributed by atoms with Crippen LogP contribution in [0, 0.1) is 0 Å². The molecule has 1 heterocycles. The number of anilines is 2. The van der Waals surface area contributed by atoms with Gasteiger partial charge in [-0.05, 0) is 18.2 Å². The zero-order valence-corrected chi connectivity index (χ0v) is 10.6. The number of carbonyl (C=O) groups excluding carboxylic acids is 1. The average molecular weight is 289 g/mol. The predicted molar refractivity (Wildman–Crippen MR) is 69.0 cm³/mol. The maximum Gasteiger partial charge on any atom is 0.324 e. The van der Waals surface area contributed by atoms with Crippen molar-refractivity contribution in [3.63, 3.8) is 0 Å². The van der Waals surface area contributed by atoms with Crippen LogP contribution in [-0.2, 0) is 0 Å². The number of nitrogens with one attached hydrogen (secondary N) is 2. The van der Waals surface area contributed by atoms with Gasteiger partial charge in [0.05, 0.1) is 16.2 Å². The van der Waals surface area contributed by atoms with Crippen LogP contribution in [0.2, 0.25) is 10.0 Å². The molecule has 0 aliphatic carbocycles. The van der Waals surface area contributed by atoms with E-state index in [0.717, 1.165) is 11.5 Å². The smallest absolute Gasteiger partial charge is 0.308 e. The summed E-state index contributed by atoms with van der Waals surface area (Å²) in [5.74, 6) is 0. The van der Waals surface area contributed by atoms with Crippen LogP contribution in [0.5, 0.6) is 0 Å². The van der Waals surface area contributed by atoms with Crippen LogP contribution in [0.3, 0.4) is 0 Å². The van der Waals surface area contributed by atoms with E-state index in [-0.39, 0.29) is 0 Å². The molecule has 0 spiro atoms. The molecule has 0 fully saturated rings. The molecule has 1 aromatic carbocycles. The lowest BCUT2D eigenvalue weighted by Crippen LogP contribution is -2.18. The van der Waals surface area contributed by atoms with Gasteiger partial charge in [0.25, 0.3) is 0 Å². The number of nitrogens with zero attached hydrogens (tertiary/aromatic N) is 2. The first-order valence-electron chi connectivity index (χ1n) is 4.45. The number of benzene rings is 1. The molecule has 0 saturated carbocycles. The van der Waals surface area contributed by atoms with E-state index in [2.05, 4.69) is 20.2 Å². The Kier molecular flexibility index (Phi) is 3.78. The van der Waals surface area contributed by atoms with Crippen LogP contribution < -0.4 is 10.6 Å². The van der Waals surface area contributed by atoms with E-state index in [9.17, 15) is 4.79 Å². The van der Waals surface area contributed by atoms with Gasteiger partial charge in [0.1, 0.15) is 5.00 Å². The Labute approximate surface area is 111 Å². The molecule has 2 aromatic rings. The largest absolute Gasteiger partial charge is 0.324 e. The molecule has 2 amide bonds. The van der Waals surface area contributed by atoms with Gasteiger partial charge < -0.3 is 5.32 Å². The van der Waals surface area contributed by atoms with Crippen LogP contribution in [-0.4, -0.2) is 15.6 Å². The molecule has 17 heavy (non-hydrogen) atoms. The molecule has 0 saturated heterocycles. The van der Waals surface area contributed by atoms with Crippen LogP contribution >= 0.6 is 34.7 Å². The van der Waals surface area contributed by atoms with Gasteiger partial charge in [-0.2, -0.15) is 0 Å². The van der Waals surface area contributed by atoms with Gasteiger partial charge in [-0.3, -0.25) is 5.32 Å². The second-order valence-electron chi connectivity index (χ2n) is 2.99. The van der Waals surface area contributed by atoms with Gasteiger partial charge in [0.15, 0.2) is 0 Å². The van der Waals surface area contributed by atoms with Crippen molar-refractivity contribution in [1.82, 2.24) is 9.59 Å². The minimum atomic E-state index is -0.394. The van der Waals surface area contributed by atoms with Crippen molar-refractivity contribution in [1.29, 1.82) is 0 Å². The van der Waals surface area contributed by atoms with Gasteiger partial charge >= 0.3 is 6.03 Å². The zero-order chi connectivity index (χ0) is 12.3. The SMILES string of the molecule is O=C(Nc1ccc(Cl)c(Cl)c1)Nc1cnns1. The van der Waals surface area contributed by atoms with Crippen molar-refractivity contribution in [2.75, 3.05) is 10.6 Å². The van der Waals surface area contributed by atoms with Gasteiger partial charge in [-0.15, -0.1) is 5.10 Å². The van der Waals surface area contributed by atoms with E-state index in [0.29, 0.717) is 20.7 Å². The number of hydrogen-bond acceptors (Lipinski definition) is 4. The van der Waals surface area contributed by atoms with E-state index in [1.807, 2.05) is 0 Å². The molecule has 0 aliphatic heterocycles. The lowest BCUT2D eigenvalue weighted by molar-refractivity contribution is 0.262. The van der Waals surface area contributed by atoms with E-state index in [1.165, 1.54) is 6.20 Å². The Bertz CT molecular complexity index is 532. The number of amides is 2. The number of halogens is 2. The monoisotopic (exact) mass is 288 g/mol. The highest BCUT2D eigenvalue weighted by Crippen LogP contribution is 2.25. The number of rotatable bonds is 2. The molecule has 8 heteroatoms. The summed E-state index contributed by atoms with van der Waals surface area (Å²) >= 11 is 12.7. The summed E-state index contributed by atoms with van der Waals surface area (Å²) in [4.78, 5) is 11.5. The lowest BCUT2D eigenvalue weighted by atomic mass is 10.3. The molecule has 0 aliphatic rings. The van der Waals surface area contributed by atoms with Crippen LogP contribution in [0.4, 0.5) is 15.5 Å². The third-order valence-corrected chi connectivity index (χ3v) is 3.09. The molecule has 2 N–H and O–H groups in total. The Morgan fingerprint density at radius 1 is 1.24 bits per heavy atom. The quantitative estimate of drug-likeness (QED) is 0.889. The molecular weight excluding hydrogens is 283 g/mol. The van der Waals surface area contributed by atoms with Gasteiger partial charge in [-0.25, -0.2) is 4.79 Å². The van der Waals surface area contributed by atoms with Crippen LogP contribution in [0.25, 0.3) is 0 Å². The van der Waals surface area contributed by atoms with Gasteiger partial charge in [0, 0.05) is 17.2 Å². The Morgan fingerprint density at radius 2 is 2.06 bits per heavy atom. The fraction of sp³-hybridized carbons (Fsp3) is 0. The first-order valence-corrected chi connectivity index (χ1v) is 5.98. The third-order valence-electron chi connectivity index (χ3n) is 1.78. The summed E-state index contributed by atoms with van der Waals surface area (Å²) in [5.41, 5.74) is 0.550. The summed E-state index contributed by atoms with van der Waals surface area (Å²) in [6, 6.07) is 4.43. The molecule has 2 rings (SSSR count). The summed E-state index contributed by atoms with van der Waals surface area (Å²) in [6.07, 6.45) is 1.46. The number of hydrogen-bond donors (Lipinski definition) is 2. The molecule has 0 bridgehead atoms. The Morgan fingerprint density at radius 3 is 2.71 bits per heavy atom. The fourth-order valence-electron chi connectivity index (χ4n) is 1.07. The maximum absolute atomic E-state index is 11.5. The van der Waals surface area contributed by atoms with Gasteiger partial charge in [-0.1, -0.05) is 27.7 Å². The molecule has 88 valence electrons. The normalized spacial score (nSPS) is 10.0. The van der Waals surface area contributed by atoms with E-state index < -0.39 is 6.03 Å². The molecule has 1 aromatic heterocycles. The third kappa shape index (κ3) is 3.29. The minimum Gasteiger partial charge on any atom is -0.308 e. The van der Waals surface area contributed by atoms with Crippen molar-refractivity contribution in [2.45, 2.75) is 0 Å². The van der Waals surface area contributed by atoms with Gasteiger partial charge in [0.2, 0.25) is 0 Å². The molecule has 0 atom stereocenters. The first kappa shape index (κ1) is 12.1. The molecule has 5 nitrogen and oxygen atoms in total. The second kappa shape index (κ2) is 5.31. The van der Waals surface area contributed by atoms with Crippen molar-refractivity contribution in [3.05, 3.63) is 34.4 Å². The topological polar surface area (TPSA) is 66.9 Å². The van der Waals surface area contributed by atoms with Crippen molar-refractivity contribution in [2.24, 2.45) is 0 Å². The number of carbonyl (C=O) groups is 1. The van der Waals surface area contributed by atoms with Crippen molar-refractivity contribution in [3.8, 4) is 0 Å². The first-order chi connectivity index (χ1) is 8.15. The average Bonchev–Trinajstić information content (AvgIpc) is 2.76. The lowest BCUT2D eigenvalue weighted by Gasteiger charge is -2.06. The molecular formula is C9H6Cl2N4OS. The highest BCUT2D eigenvalue weighted by molar-refractivity contribution is 7.10. The number of aromatic nitrogens is 2. The Balaban J connectivity index is 2.00. The minimum absolute atomic E-state index is 0.379. The van der Waals surface area contributed by atoms with Crippen LogP contribution in [0.15, 0.2) is 24.4 Å². The summed E-state index contributed by atoms with van der Waals surface area (Å²) in [5, 5.41) is 10.1. The maximum atomic E-state index is 11.5. The summed E-state index contributed by atoms with van der Waals surface area (Å²) < 4.78 is 3.62.